The van der Waals surface area contributed by atoms with Crippen LogP contribution in [0.3, 0.4) is 0 Å². The molecular weight excluding hydrogens is 367 g/mol. The summed E-state index contributed by atoms with van der Waals surface area (Å²) in [5.41, 5.74) is 2.67. The van der Waals surface area contributed by atoms with Crippen LogP contribution in [0.15, 0.2) is 36.4 Å². The Hall–Kier alpha value is -1.92. The van der Waals surface area contributed by atoms with E-state index in [2.05, 4.69) is 5.32 Å². The summed E-state index contributed by atoms with van der Waals surface area (Å²) in [7, 11) is 0. The Morgan fingerprint density at radius 1 is 1.08 bits per heavy atom. The standard InChI is InChI=1S/C19H22F3NO2.ClH/c1-12-7-13(2)18(14(3)8-12)25-11-17(24)10-23-16-6-4-5-15(9-16)19(20,21)22;/h4-9,17,23-24H,10-11H2,1-3H3;1H. The van der Waals surface area contributed by atoms with E-state index in [0.29, 0.717) is 5.69 Å². The molecule has 0 aliphatic rings. The Bertz CT molecular complexity index is 712. The molecule has 2 aromatic rings. The fourth-order valence-corrected chi connectivity index (χ4v) is 2.67. The van der Waals surface area contributed by atoms with E-state index in [9.17, 15) is 18.3 Å². The first-order chi connectivity index (χ1) is 11.7. The maximum absolute atomic E-state index is 12.7. The van der Waals surface area contributed by atoms with Crippen molar-refractivity contribution in [1.82, 2.24) is 0 Å². The number of aliphatic hydroxyl groups excluding tert-OH is 1. The van der Waals surface area contributed by atoms with Crippen LogP contribution in [0.5, 0.6) is 5.75 Å². The topological polar surface area (TPSA) is 41.5 Å². The van der Waals surface area contributed by atoms with E-state index in [0.717, 1.165) is 34.6 Å². The van der Waals surface area contributed by atoms with Crippen molar-refractivity contribution < 1.29 is 23.0 Å². The molecule has 0 aromatic heterocycles. The molecule has 0 aliphatic carbocycles. The van der Waals surface area contributed by atoms with Crippen molar-refractivity contribution in [2.45, 2.75) is 33.1 Å². The van der Waals surface area contributed by atoms with Gasteiger partial charge < -0.3 is 15.2 Å². The van der Waals surface area contributed by atoms with Crippen molar-refractivity contribution >= 4 is 18.1 Å². The highest BCUT2D eigenvalue weighted by molar-refractivity contribution is 5.85. The molecule has 1 atom stereocenters. The Kier molecular flexibility index (Phi) is 7.78. The highest BCUT2D eigenvalue weighted by Gasteiger charge is 2.30. The van der Waals surface area contributed by atoms with Crippen LogP contribution in [0.1, 0.15) is 22.3 Å². The second-order valence-corrected chi connectivity index (χ2v) is 6.15. The molecule has 0 aliphatic heterocycles. The lowest BCUT2D eigenvalue weighted by Gasteiger charge is -2.17. The van der Waals surface area contributed by atoms with Gasteiger partial charge in [-0.25, -0.2) is 0 Å². The van der Waals surface area contributed by atoms with E-state index in [1.807, 2.05) is 32.9 Å². The van der Waals surface area contributed by atoms with Gasteiger partial charge in [-0.1, -0.05) is 23.8 Å². The van der Waals surface area contributed by atoms with Crippen molar-refractivity contribution in [2.75, 3.05) is 18.5 Å². The second kappa shape index (κ2) is 9.14. The Balaban J connectivity index is 0.00000338. The first kappa shape index (κ1) is 22.1. The van der Waals surface area contributed by atoms with Gasteiger partial charge in [0.15, 0.2) is 0 Å². The highest BCUT2D eigenvalue weighted by Crippen LogP contribution is 2.30. The van der Waals surface area contributed by atoms with Gasteiger partial charge in [0, 0.05) is 12.2 Å². The van der Waals surface area contributed by atoms with Crippen molar-refractivity contribution in [3.8, 4) is 5.75 Å². The third-order valence-corrected chi connectivity index (χ3v) is 3.76. The van der Waals surface area contributed by atoms with E-state index in [1.54, 1.807) is 0 Å². The van der Waals surface area contributed by atoms with Crippen LogP contribution in [0.25, 0.3) is 0 Å². The fraction of sp³-hybridized carbons (Fsp3) is 0.368. The number of halogens is 4. The fourth-order valence-electron chi connectivity index (χ4n) is 2.67. The average molecular weight is 390 g/mol. The number of ether oxygens (including phenoxy) is 1. The molecule has 0 bridgehead atoms. The average Bonchev–Trinajstić information content (AvgIpc) is 2.51. The van der Waals surface area contributed by atoms with Gasteiger partial charge in [-0.15, -0.1) is 12.4 Å². The van der Waals surface area contributed by atoms with Crippen LogP contribution < -0.4 is 10.1 Å². The van der Waals surface area contributed by atoms with Crippen LogP contribution in [0, 0.1) is 20.8 Å². The van der Waals surface area contributed by atoms with Crippen molar-refractivity contribution in [1.29, 1.82) is 0 Å². The minimum absolute atomic E-state index is 0. The molecule has 26 heavy (non-hydrogen) atoms. The lowest BCUT2D eigenvalue weighted by molar-refractivity contribution is -0.137. The molecule has 0 radical (unpaired) electrons. The lowest BCUT2D eigenvalue weighted by Crippen LogP contribution is -2.26. The molecule has 2 aromatic carbocycles. The minimum Gasteiger partial charge on any atom is -0.490 e. The Labute approximate surface area is 157 Å². The summed E-state index contributed by atoms with van der Waals surface area (Å²) in [6.45, 7) is 6.00. The largest absolute Gasteiger partial charge is 0.490 e. The zero-order chi connectivity index (χ0) is 18.6. The normalized spacial score (nSPS) is 12.3. The van der Waals surface area contributed by atoms with Gasteiger partial charge in [0.05, 0.1) is 5.56 Å². The molecule has 0 saturated heterocycles. The summed E-state index contributed by atoms with van der Waals surface area (Å²) in [5, 5.41) is 12.8. The third-order valence-electron chi connectivity index (χ3n) is 3.76. The van der Waals surface area contributed by atoms with Crippen LogP contribution in [-0.2, 0) is 6.18 Å². The minimum atomic E-state index is -4.39. The van der Waals surface area contributed by atoms with Gasteiger partial charge in [0.1, 0.15) is 18.5 Å². The second-order valence-electron chi connectivity index (χ2n) is 6.15. The van der Waals surface area contributed by atoms with E-state index >= 15 is 0 Å². The number of nitrogens with one attached hydrogen (secondary N) is 1. The van der Waals surface area contributed by atoms with Crippen molar-refractivity contribution in [3.63, 3.8) is 0 Å². The summed E-state index contributed by atoms with van der Waals surface area (Å²) < 4.78 is 43.7. The maximum atomic E-state index is 12.7. The number of benzene rings is 2. The first-order valence-corrected chi connectivity index (χ1v) is 7.96. The van der Waals surface area contributed by atoms with E-state index in [-0.39, 0.29) is 25.6 Å². The third kappa shape index (κ3) is 6.11. The van der Waals surface area contributed by atoms with E-state index < -0.39 is 17.8 Å². The molecule has 0 saturated carbocycles. The SMILES string of the molecule is Cc1cc(C)c(OCC(O)CNc2cccc(C(F)(F)F)c2)c(C)c1.Cl. The van der Waals surface area contributed by atoms with Crippen LogP contribution in [0.2, 0.25) is 0 Å². The molecule has 2 N–H and O–H groups in total. The number of hydrogen-bond donors (Lipinski definition) is 2. The van der Waals surface area contributed by atoms with Gasteiger partial charge in [-0.3, -0.25) is 0 Å². The van der Waals surface area contributed by atoms with Gasteiger partial charge in [-0.2, -0.15) is 13.2 Å². The molecule has 1 unspecified atom stereocenters. The molecule has 0 spiro atoms. The van der Waals surface area contributed by atoms with Gasteiger partial charge in [0.2, 0.25) is 0 Å². The summed E-state index contributed by atoms with van der Waals surface area (Å²) >= 11 is 0. The van der Waals surface area contributed by atoms with Gasteiger partial charge >= 0.3 is 6.18 Å². The molecule has 7 heteroatoms. The smallest absolute Gasteiger partial charge is 0.416 e. The predicted molar refractivity (Wildman–Crippen MR) is 99.3 cm³/mol. The Morgan fingerprint density at radius 2 is 1.69 bits per heavy atom. The highest BCUT2D eigenvalue weighted by atomic mass is 35.5. The molecular formula is C19H23ClF3NO2. The first-order valence-electron chi connectivity index (χ1n) is 7.96. The summed E-state index contributed by atoms with van der Waals surface area (Å²) in [4.78, 5) is 0. The van der Waals surface area contributed by atoms with Crippen molar-refractivity contribution in [3.05, 3.63) is 58.7 Å². The molecule has 0 fully saturated rings. The molecule has 0 heterocycles. The van der Waals surface area contributed by atoms with Gasteiger partial charge in [0.25, 0.3) is 0 Å². The number of aliphatic hydroxyl groups is 1. The summed E-state index contributed by atoms with van der Waals surface area (Å²) in [6, 6.07) is 8.87. The molecule has 144 valence electrons. The monoisotopic (exact) mass is 389 g/mol. The number of alkyl halides is 3. The molecule has 3 nitrogen and oxygen atoms in total. The van der Waals surface area contributed by atoms with E-state index in [1.165, 1.54) is 12.1 Å². The number of hydrogen-bond acceptors (Lipinski definition) is 3. The zero-order valence-electron chi connectivity index (χ0n) is 14.9. The quantitative estimate of drug-likeness (QED) is 0.738. The number of aryl methyl sites for hydroxylation is 3. The van der Waals surface area contributed by atoms with Gasteiger partial charge in [-0.05, 0) is 50.1 Å². The number of anilines is 1. The predicted octanol–water partition coefficient (Wildman–Crippen LogP) is 4.90. The Morgan fingerprint density at radius 3 is 2.27 bits per heavy atom. The van der Waals surface area contributed by atoms with Crippen LogP contribution >= 0.6 is 12.4 Å². The molecule has 0 amide bonds. The van der Waals surface area contributed by atoms with Crippen LogP contribution in [-0.4, -0.2) is 24.4 Å². The lowest BCUT2D eigenvalue weighted by atomic mass is 10.1. The summed E-state index contributed by atoms with van der Waals surface area (Å²) in [5.74, 6) is 0.726. The zero-order valence-corrected chi connectivity index (χ0v) is 15.7. The maximum Gasteiger partial charge on any atom is 0.416 e. The van der Waals surface area contributed by atoms with Crippen LogP contribution in [0.4, 0.5) is 18.9 Å². The number of rotatable bonds is 6. The van der Waals surface area contributed by atoms with Crippen molar-refractivity contribution in [2.24, 2.45) is 0 Å². The summed E-state index contributed by atoms with van der Waals surface area (Å²) in [6.07, 6.45) is -5.24. The molecule has 2 rings (SSSR count). The van der Waals surface area contributed by atoms with E-state index in [4.69, 9.17) is 4.74 Å².